The number of hydrogen-bond acceptors (Lipinski definition) is 3. The van der Waals surface area contributed by atoms with Crippen LogP contribution in [0.15, 0.2) is 48.6 Å². The molecule has 5 nitrogen and oxygen atoms in total. The van der Waals surface area contributed by atoms with E-state index in [9.17, 15) is 4.79 Å². The second-order valence-corrected chi connectivity index (χ2v) is 9.76. The van der Waals surface area contributed by atoms with Crippen LogP contribution in [0.2, 0.25) is 0 Å². The van der Waals surface area contributed by atoms with Crippen LogP contribution in [0.5, 0.6) is 0 Å². The Bertz CT molecular complexity index is 911. The Labute approximate surface area is 193 Å². The summed E-state index contributed by atoms with van der Waals surface area (Å²) in [4.78, 5) is 18.1. The van der Waals surface area contributed by atoms with Gasteiger partial charge in [-0.2, -0.15) is 5.10 Å². The van der Waals surface area contributed by atoms with E-state index in [2.05, 4.69) is 52.5 Å². The summed E-state index contributed by atoms with van der Waals surface area (Å²) in [6.07, 6.45) is 11.7. The first-order valence-corrected chi connectivity index (χ1v) is 12.2. The van der Waals surface area contributed by atoms with E-state index in [1.807, 2.05) is 32.0 Å². The van der Waals surface area contributed by atoms with Crippen molar-refractivity contribution < 1.29 is 4.79 Å². The van der Waals surface area contributed by atoms with Crippen molar-refractivity contribution in [2.75, 3.05) is 26.7 Å². The molecule has 1 saturated heterocycles. The van der Waals surface area contributed by atoms with Crippen molar-refractivity contribution in [3.05, 3.63) is 65.5 Å². The van der Waals surface area contributed by atoms with Gasteiger partial charge < -0.3 is 9.80 Å². The molecule has 32 heavy (non-hydrogen) atoms. The van der Waals surface area contributed by atoms with Gasteiger partial charge in [0.1, 0.15) is 5.69 Å². The van der Waals surface area contributed by atoms with Crippen LogP contribution in [0.25, 0.3) is 0 Å². The van der Waals surface area contributed by atoms with Crippen molar-refractivity contribution in [1.29, 1.82) is 0 Å². The van der Waals surface area contributed by atoms with E-state index in [1.54, 1.807) is 4.68 Å². The van der Waals surface area contributed by atoms with Crippen LogP contribution in [0.3, 0.4) is 0 Å². The normalized spacial score (nSPS) is 20.9. The third-order valence-corrected chi connectivity index (χ3v) is 7.40. The van der Waals surface area contributed by atoms with Crippen molar-refractivity contribution in [1.82, 2.24) is 19.6 Å². The minimum Gasteiger partial charge on any atom is -0.337 e. The maximum absolute atomic E-state index is 13.4. The van der Waals surface area contributed by atoms with Gasteiger partial charge >= 0.3 is 0 Å². The number of allylic oxidation sites excluding steroid dienone is 2. The molecular weight excluding hydrogens is 396 g/mol. The summed E-state index contributed by atoms with van der Waals surface area (Å²) in [6.45, 7) is 5.45. The van der Waals surface area contributed by atoms with Gasteiger partial charge in [0.05, 0.1) is 5.69 Å². The van der Waals surface area contributed by atoms with Gasteiger partial charge in [-0.05, 0) is 82.0 Å². The molecule has 2 atom stereocenters. The SMILES string of the molecule is Cc1cc(C(=O)N(C)C(Cc2ccccc2)C2CCN(CC3CC=CCC3)CC2)n(C)n1. The molecule has 5 heteroatoms. The molecule has 2 aromatic rings. The number of aryl methyl sites for hydroxylation is 2. The number of amides is 1. The Morgan fingerprint density at radius 3 is 2.53 bits per heavy atom. The lowest BCUT2D eigenvalue weighted by molar-refractivity contribution is 0.0566. The van der Waals surface area contributed by atoms with Crippen LogP contribution in [-0.2, 0) is 13.5 Å². The van der Waals surface area contributed by atoms with E-state index in [0.717, 1.165) is 44.0 Å². The van der Waals surface area contributed by atoms with Crippen LogP contribution >= 0.6 is 0 Å². The molecule has 1 aliphatic carbocycles. The third kappa shape index (κ3) is 5.50. The van der Waals surface area contributed by atoms with Gasteiger partial charge in [0.25, 0.3) is 5.91 Å². The van der Waals surface area contributed by atoms with Crippen molar-refractivity contribution in [2.24, 2.45) is 18.9 Å². The Morgan fingerprint density at radius 2 is 1.91 bits per heavy atom. The molecule has 0 bridgehead atoms. The van der Waals surface area contributed by atoms with Crippen molar-refractivity contribution in [2.45, 2.75) is 51.5 Å². The van der Waals surface area contributed by atoms with Crippen LogP contribution in [-0.4, -0.2) is 58.2 Å². The Balaban J connectivity index is 1.45. The smallest absolute Gasteiger partial charge is 0.272 e. The zero-order valence-electron chi connectivity index (χ0n) is 19.9. The van der Waals surface area contributed by atoms with Crippen LogP contribution in [0.1, 0.15) is 53.8 Å². The summed E-state index contributed by atoms with van der Waals surface area (Å²) < 4.78 is 1.72. The number of piperidine rings is 1. The highest BCUT2D eigenvalue weighted by atomic mass is 16.2. The molecule has 1 aromatic carbocycles. The first kappa shape index (κ1) is 22.8. The number of hydrogen-bond donors (Lipinski definition) is 0. The summed E-state index contributed by atoms with van der Waals surface area (Å²) in [5, 5.41) is 4.39. The highest BCUT2D eigenvalue weighted by Gasteiger charge is 2.33. The Kier molecular flexibility index (Phi) is 7.46. The summed E-state index contributed by atoms with van der Waals surface area (Å²) in [7, 11) is 3.85. The quantitative estimate of drug-likeness (QED) is 0.604. The van der Waals surface area contributed by atoms with Gasteiger partial charge in [0.2, 0.25) is 0 Å². The van der Waals surface area contributed by atoms with Gasteiger partial charge in [-0.15, -0.1) is 0 Å². The minimum atomic E-state index is 0.0745. The number of benzene rings is 1. The number of aromatic nitrogens is 2. The fraction of sp³-hybridized carbons (Fsp3) is 0.556. The summed E-state index contributed by atoms with van der Waals surface area (Å²) in [5.41, 5.74) is 2.86. The molecule has 2 unspecified atom stereocenters. The van der Waals surface area contributed by atoms with Gasteiger partial charge in [-0.25, -0.2) is 0 Å². The highest BCUT2D eigenvalue weighted by molar-refractivity contribution is 5.92. The minimum absolute atomic E-state index is 0.0745. The van der Waals surface area contributed by atoms with E-state index in [0.29, 0.717) is 11.6 Å². The standard InChI is InChI=1S/C27H38N4O/c1-21-18-26(30(3)28-21)27(32)29(2)25(19-22-10-6-4-7-11-22)24-14-16-31(17-15-24)20-23-12-8-5-9-13-23/h4-8,10-11,18,23-25H,9,12-17,19-20H2,1-3H3. The fourth-order valence-electron chi connectivity index (χ4n) is 5.53. The molecule has 1 fully saturated rings. The third-order valence-electron chi connectivity index (χ3n) is 7.40. The maximum Gasteiger partial charge on any atom is 0.272 e. The van der Waals surface area contributed by atoms with Crippen LogP contribution in [0.4, 0.5) is 0 Å². The van der Waals surface area contributed by atoms with Gasteiger partial charge in [-0.3, -0.25) is 9.48 Å². The molecule has 2 aliphatic rings. The number of carbonyl (C=O) groups is 1. The first-order valence-electron chi connectivity index (χ1n) is 12.2. The largest absolute Gasteiger partial charge is 0.337 e. The molecule has 2 heterocycles. The molecule has 1 amide bonds. The zero-order chi connectivity index (χ0) is 22.5. The molecule has 0 saturated carbocycles. The number of carbonyl (C=O) groups excluding carboxylic acids is 1. The molecule has 0 N–H and O–H groups in total. The molecular formula is C27H38N4O. The highest BCUT2D eigenvalue weighted by Crippen LogP contribution is 2.29. The van der Waals surface area contributed by atoms with E-state index in [1.165, 1.54) is 31.4 Å². The average Bonchev–Trinajstić information content (AvgIpc) is 3.16. The monoisotopic (exact) mass is 434 g/mol. The molecule has 0 radical (unpaired) electrons. The van der Waals surface area contributed by atoms with Crippen LogP contribution < -0.4 is 0 Å². The van der Waals surface area contributed by atoms with Crippen molar-refractivity contribution in [3.8, 4) is 0 Å². The van der Waals surface area contributed by atoms with Gasteiger partial charge in [0, 0.05) is 26.7 Å². The first-order chi connectivity index (χ1) is 15.5. The fourth-order valence-corrected chi connectivity index (χ4v) is 5.53. The second-order valence-electron chi connectivity index (χ2n) is 9.76. The average molecular weight is 435 g/mol. The number of likely N-dealkylation sites (N-methyl/N-ethyl adjacent to an activating group) is 1. The lowest BCUT2D eigenvalue weighted by atomic mass is 9.84. The van der Waals surface area contributed by atoms with E-state index < -0.39 is 0 Å². The van der Waals surface area contributed by atoms with E-state index in [4.69, 9.17) is 0 Å². The maximum atomic E-state index is 13.4. The predicted octanol–water partition coefficient (Wildman–Crippen LogP) is 4.48. The topological polar surface area (TPSA) is 41.4 Å². The second kappa shape index (κ2) is 10.5. The Hall–Kier alpha value is -2.40. The van der Waals surface area contributed by atoms with Crippen molar-refractivity contribution in [3.63, 3.8) is 0 Å². The summed E-state index contributed by atoms with van der Waals surface area (Å²) in [6, 6.07) is 12.7. The molecule has 1 aromatic heterocycles. The van der Waals surface area contributed by atoms with Crippen molar-refractivity contribution >= 4 is 5.91 Å². The van der Waals surface area contributed by atoms with E-state index in [-0.39, 0.29) is 11.9 Å². The molecule has 172 valence electrons. The Morgan fingerprint density at radius 1 is 1.16 bits per heavy atom. The summed E-state index contributed by atoms with van der Waals surface area (Å²) in [5.74, 6) is 1.40. The molecule has 4 rings (SSSR count). The van der Waals surface area contributed by atoms with Crippen LogP contribution in [0, 0.1) is 18.8 Å². The van der Waals surface area contributed by atoms with Gasteiger partial charge in [0.15, 0.2) is 0 Å². The molecule has 1 aliphatic heterocycles. The van der Waals surface area contributed by atoms with Gasteiger partial charge in [-0.1, -0.05) is 42.5 Å². The number of nitrogens with zero attached hydrogens (tertiary/aromatic N) is 4. The zero-order valence-corrected chi connectivity index (χ0v) is 19.9. The molecule has 0 spiro atoms. The lowest BCUT2D eigenvalue weighted by Crippen LogP contribution is -2.48. The lowest BCUT2D eigenvalue weighted by Gasteiger charge is -2.41. The number of likely N-dealkylation sites (tertiary alicyclic amines) is 1. The summed E-state index contributed by atoms with van der Waals surface area (Å²) >= 11 is 0. The van der Waals surface area contributed by atoms with E-state index >= 15 is 0 Å². The predicted molar refractivity (Wildman–Crippen MR) is 130 cm³/mol. The number of rotatable bonds is 7.